The number of carbonyl (C=O) groups excluding carboxylic acids is 1. The van der Waals surface area contributed by atoms with E-state index >= 15 is 0 Å². The Morgan fingerprint density at radius 2 is 1.56 bits per heavy atom. The summed E-state index contributed by atoms with van der Waals surface area (Å²) in [5.74, 6) is 1.53. The average Bonchev–Trinajstić information content (AvgIpc) is 2.79. The molecule has 0 saturated carbocycles. The Hall–Kier alpha value is -2.73. The number of amides is 1. The van der Waals surface area contributed by atoms with Crippen molar-refractivity contribution in [2.45, 2.75) is 53.1 Å². The van der Waals surface area contributed by atoms with Gasteiger partial charge in [-0.05, 0) is 63.8 Å². The Morgan fingerprint density at radius 1 is 0.969 bits per heavy atom. The smallest absolute Gasteiger partial charge is 0.251 e. The lowest BCUT2D eigenvalue weighted by atomic mass is 10.0. The zero-order valence-electron chi connectivity index (χ0n) is 19.8. The van der Waals surface area contributed by atoms with E-state index in [-0.39, 0.29) is 11.9 Å². The summed E-state index contributed by atoms with van der Waals surface area (Å²) < 4.78 is 17.2. The van der Waals surface area contributed by atoms with Crippen LogP contribution in [0.1, 0.15) is 55.1 Å². The molecule has 0 unspecified atom stereocenters. The third kappa shape index (κ3) is 6.16. The molecule has 1 amide bonds. The van der Waals surface area contributed by atoms with Crippen molar-refractivity contribution < 1.29 is 19.0 Å². The number of rotatable bonds is 10. The van der Waals surface area contributed by atoms with E-state index in [1.807, 2.05) is 20.8 Å². The molecule has 1 aliphatic heterocycles. The molecule has 0 bridgehead atoms. The summed E-state index contributed by atoms with van der Waals surface area (Å²) in [6, 6.07) is 12.2. The largest absolute Gasteiger partial charge is 0.490 e. The van der Waals surface area contributed by atoms with Crippen LogP contribution in [-0.4, -0.2) is 49.8 Å². The summed E-state index contributed by atoms with van der Waals surface area (Å²) in [4.78, 5) is 15.5. The van der Waals surface area contributed by atoms with Crippen molar-refractivity contribution in [2.24, 2.45) is 0 Å². The number of piperidine rings is 1. The van der Waals surface area contributed by atoms with Gasteiger partial charge in [-0.3, -0.25) is 9.69 Å². The molecule has 174 valence electrons. The van der Waals surface area contributed by atoms with Crippen molar-refractivity contribution in [2.75, 3.05) is 32.9 Å². The van der Waals surface area contributed by atoms with Crippen molar-refractivity contribution in [1.29, 1.82) is 0 Å². The molecule has 0 radical (unpaired) electrons. The molecule has 1 saturated heterocycles. The predicted octanol–water partition coefficient (Wildman–Crippen LogP) is 4.59. The molecule has 0 spiro atoms. The van der Waals surface area contributed by atoms with Gasteiger partial charge in [0.05, 0.1) is 19.8 Å². The lowest BCUT2D eigenvalue weighted by molar-refractivity contribution is 0.0907. The highest BCUT2D eigenvalue weighted by Crippen LogP contribution is 2.39. The molecule has 2 aromatic rings. The van der Waals surface area contributed by atoms with Gasteiger partial charge in [-0.25, -0.2) is 0 Å². The number of benzene rings is 2. The highest BCUT2D eigenvalue weighted by Gasteiger charge is 2.23. The Labute approximate surface area is 191 Å². The fourth-order valence-corrected chi connectivity index (χ4v) is 4.05. The molecule has 6 heteroatoms. The average molecular weight is 441 g/mol. The van der Waals surface area contributed by atoms with Crippen molar-refractivity contribution in [3.8, 4) is 17.2 Å². The van der Waals surface area contributed by atoms with Gasteiger partial charge < -0.3 is 19.5 Å². The monoisotopic (exact) mass is 440 g/mol. The Bertz CT molecular complexity index is 864. The van der Waals surface area contributed by atoms with Crippen LogP contribution in [0.25, 0.3) is 0 Å². The van der Waals surface area contributed by atoms with Gasteiger partial charge in [-0.2, -0.15) is 0 Å². The van der Waals surface area contributed by atoms with Crippen LogP contribution in [0, 0.1) is 6.92 Å². The second kappa shape index (κ2) is 11.8. The summed E-state index contributed by atoms with van der Waals surface area (Å²) in [5.41, 5.74) is 3.23. The predicted molar refractivity (Wildman–Crippen MR) is 127 cm³/mol. The van der Waals surface area contributed by atoms with Crippen LogP contribution >= 0.6 is 0 Å². The zero-order chi connectivity index (χ0) is 22.9. The van der Waals surface area contributed by atoms with Gasteiger partial charge >= 0.3 is 0 Å². The van der Waals surface area contributed by atoms with E-state index in [1.165, 1.54) is 11.1 Å². The molecule has 1 N–H and O–H groups in total. The maximum absolute atomic E-state index is 13.0. The third-order valence-corrected chi connectivity index (χ3v) is 5.75. The molecule has 3 rings (SSSR count). The Morgan fingerprint density at radius 3 is 2.12 bits per heavy atom. The van der Waals surface area contributed by atoms with E-state index in [0.29, 0.717) is 42.6 Å². The topological polar surface area (TPSA) is 60.0 Å². The van der Waals surface area contributed by atoms with Crippen molar-refractivity contribution in [1.82, 2.24) is 10.2 Å². The highest BCUT2D eigenvalue weighted by atomic mass is 16.5. The standard InChI is InChI=1S/C26H36N2O4/c1-5-30-23-16-21(17-24(31-6-2)25(23)32-7-3)26(29)27-22-12-14-28(15-13-22)18-20-11-9-8-10-19(20)4/h8-11,16-17,22H,5-7,12-15,18H2,1-4H3,(H,27,29). The molecule has 6 nitrogen and oxygen atoms in total. The van der Waals surface area contributed by atoms with Gasteiger partial charge in [-0.15, -0.1) is 0 Å². The SMILES string of the molecule is CCOc1cc(C(=O)NC2CCN(Cc3ccccc3C)CC2)cc(OCC)c1OCC. The normalized spacial score (nSPS) is 14.8. The first-order valence-corrected chi connectivity index (χ1v) is 11.7. The fourth-order valence-electron chi connectivity index (χ4n) is 4.05. The lowest BCUT2D eigenvalue weighted by Gasteiger charge is -2.32. The van der Waals surface area contributed by atoms with Crippen LogP contribution < -0.4 is 19.5 Å². The molecule has 1 heterocycles. The van der Waals surface area contributed by atoms with E-state index in [1.54, 1.807) is 12.1 Å². The third-order valence-electron chi connectivity index (χ3n) is 5.75. The van der Waals surface area contributed by atoms with Crippen molar-refractivity contribution in [3.05, 3.63) is 53.1 Å². The summed E-state index contributed by atoms with van der Waals surface area (Å²) in [6.07, 6.45) is 1.87. The highest BCUT2D eigenvalue weighted by molar-refractivity contribution is 5.95. The van der Waals surface area contributed by atoms with Crippen LogP contribution in [0.2, 0.25) is 0 Å². The fraction of sp³-hybridized carbons (Fsp3) is 0.500. The van der Waals surface area contributed by atoms with Crippen LogP contribution in [-0.2, 0) is 6.54 Å². The summed E-state index contributed by atoms with van der Waals surface area (Å²) in [5, 5.41) is 3.20. The number of hydrogen-bond donors (Lipinski definition) is 1. The second-order valence-corrected chi connectivity index (χ2v) is 8.05. The molecular weight excluding hydrogens is 404 g/mol. The number of likely N-dealkylation sites (tertiary alicyclic amines) is 1. The van der Waals surface area contributed by atoms with Crippen LogP contribution in [0.3, 0.4) is 0 Å². The van der Waals surface area contributed by atoms with Gasteiger partial charge in [0.25, 0.3) is 5.91 Å². The van der Waals surface area contributed by atoms with Gasteiger partial charge in [0.15, 0.2) is 11.5 Å². The van der Waals surface area contributed by atoms with Crippen molar-refractivity contribution >= 4 is 5.91 Å². The van der Waals surface area contributed by atoms with Crippen LogP contribution in [0.5, 0.6) is 17.2 Å². The first-order chi connectivity index (χ1) is 15.5. The van der Waals surface area contributed by atoms with Crippen LogP contribution in [0.4, 0.5) is 0 Å². The van der Waals surface area contributed by atoms with Gasteiger partial charge in [0, 0.05) is 31.2 Å². The minimum absolute atomic E-state index is 0.104. The van der Waals surface area contributed by atoms with Gasteiger partial charge in [-0.1, -0.05) is 24.3 Å². The molecule has 0 aliphatic carbocycles. The van der Waals surface area contributed by atoms with E-state index < -0.39 is 0 Å². The first-order valence-electron chi connectivity index (χ1n) is 11.7. The minimum Gasteiger partial charge on any atom is -0.490 e. The molecule has 32 heavy (non-hydrogen) atoms. The van der Waals surface area contributed by atoms with E-state index in [0.717, 1.165) is 32.5 Å². The van der Waals surface area contributed by atoms with E-state index in [9.17, 15) is 4.79 Å². The minimum atomic E-state index is -0.104. The van der Waals surface area contributed by atoms with E-state index in [2.05, 4.69) is 41.4 Å². The maximum atomic E-state index is 13.0. The molecule has 1 fully saturated rings. The number of aryl methyl sites for hydroxylation is 1. The number of nitrogens with one attached hydrogen (secondary N) is 1. The molecule has 0 aromatic heterocycles. The quantitative estimate of drug-likeness (QED) is 0.586. The number of nitrogens with zero attached hydrogens (tertiary/aromatic N) is 1. The zero-order valence-corrected chi connectivity index (χ0v) is 19.8. The number of hydrogen-bond acceptors (Lipinski definition) is 5. The molecule has 0 atom stereocenters. The lowest BCUT2D eigenvalue weighted by Crippen LogP contribution is -2.44. The van der Waals surface area contributed by atoms with Crippen molar-refractivity contribution in [3.63, 3.8) is 0 Å². The van der Waals surface area contributed by atoms with Gasteiger partial charge in [0.2, 0.25) is 5.75 Å². The van der Waals surface area contributed by atoms with Crippen LogP contribution in [0.15, 0.2) is 36.4 Å². The maximum Gasteiger partial charge on any atom is 0.251 e. The summed E-state index contributed by atoms with van der Waals surface area (Å²) in [6.45, 7) is 12.2. The second-order valence-electron chi connectivity index (χ2n) is 8.05. The Kier molecular flexibility index (Phi) is 8.80. The molecular formula is C26H36N2O4. The first kappa shape index (κ1) is 23.9. The van der Waals surface area contributed by atoms with Gasteiger partial charge in [0.1, 0.15) is 0 Å². The van der Waals surface area contributed by atoms with E-state index in [4.69, 9.17) is 14.2 Å². The summed E-state index contributed by atoms with van der Waals surface area (Å²) >= 11 is 0. The number of carbonyl (C=O) groups is 1. The number of ether oxygens (including phenoxy) is 3. The molecule has 2 aromatic carbocycles. The summed E-state index contributed by atoms with van der Waals surface area (Å²) in [7, 11) is 0. The Balaban J connectivity index is 1.63. The molecule has 1 aliphatic rings.